The molecule has 3 heterocycles. The van der Waals surface area contributed by atoms with Crippen molar-refractivity contribution in [3.63, 3.8) is 0 Å². The monoisotopic (exact) mass is 376 g/mol. The Labute approximate surface area is 163 Å². The summed E-state index contributed by atoms with van der Waals surface area (Å²) in [6.45, 7) is 11.1. The molecule has 0 N–H and O–H groups in total. The number of likely N-dealkylation sites (N-methyl/N-ethyl adjacent to an activating group) is 1. The van der Waals surface area contributed by atoms with E-state index in [1.165, 1.54) is 0 Å². The number of carbonyl (C=O) groups is 2. The molecule has 0 atom stereocenters. The number of rotatable bonds is 4. The highest BCUT2D eigenvalue weighted by atomic mass is 16.2. The highest BCUT2D eigenvalue weighted by Crippen LogP contribution is 2.32. The molecule has 0 aromatic rings. The van der Waals surface area contributed by atoms with Crippen LogP contribution < -0.4 is 0 Å². The molecule has 3 aliphatic heterocycles. The summed E-state index contributed by atoms with van der Waals surface area (Å²) in [4.78, 5) is 34.3. The van der Waals surface area contributed by atoms with Gasteiger partial charge in [-0.2, -0.15) is 0 Å². The average molecular weight is 377 g/mol. The summed E-state index contributed by atoms with van der Waals surface area (Å²) in [7, 11) is 0. The summed E-state index contributed by atoms with van der Waals surface area (Å²) in [5.41, 5.74) is 0. The lowest BCUT2D eigenvalue weighted by Crippen LogP contribution is -2.53. The van der Waals surface area contributed by atoms with Gasteiger partial charge in [-0.25, -0.2) is 0 Å². The molecule has 0 unspecified atom stereocenters. The molecule has 4 rings (SSSR count). The highest BCUT2D eigenvalue weighted by molar-refractivity contribution is 5.81. The van der Waals surface area contributed by atoms with Gasteiger partial charge in [0.15, 0.2) is 0 Å². The first-order valence-corrected chi connectivity index (χ1v) is 11.2. The Kier molecular flexibility index (Phi) is 6.02. The molecule has 0 aromatic carbocycles. The van der Waals surface area contributed by atoms with Crippen LogP contribution in [0.15, 0.2) is 0 Å². The Balaban J connectivity index is 1.19. The predicted octanol–water partition coefficient (Wildman–Crippen LogP) is 1.26. The Bertz CT molecular complexity index is 526. The van der Waals surface area contributed by atoms with E-state index in [0.29, 0.717) is 23.8 Å². The van der Waals surface area contributed by atoms with Crippen molar-refractivity contribution in [2.24, 2.45) is 11.8 Å². The lowest BCUT2D eigenvalue weighted by Gasteiger charge is -2.43. The van der Waals surface area contributed by atoms with Crippen LogP contribution in [-0.4, -0.2) is 96.4 Å². The van der Waals surface area contributed by atoms with E-state index in [1.54, 1.807) is 0 Å². The van der Waals surface area contributed by atoms with Crippen molar-refractivity contribution < 1.29 is 9.59 Å². The van der Waals surface area contributed by atoms with E-state index in [2.05, 4.69) is 26.5 Å². The average Bonchev–Trinajstić information content (AvgIpc) is 3.58. The van der Waals surface area contributed by atoms with Gasteiger partial charge in [0.05, 0.1) is 0 Å². The molecular formula is C21H36N4O2. The summed E-state index contributed by atoms with van der Waals surface area (Å²) in [6.07, 6.45) is 6.44. The number of amides is 2. The summed E-state index contributed by atoms with van der Waals surface area (Å²) in [6, 6.07) is 0.609. The zero-order valence-electron chi connectivity index (χ0n) is 16.9. The molecule has 0 aromatic heterocycles. The fourth-order valence-electron chi connectivity index (χ4n) is 5.09. The van der Waals surface area contributed by atoms with Gasteiger partial charge in [0.25, 0.3) is 0 Å². The van der Waals surface area contributed by atoms with E-state index >= 15 is 0 Å². The number of piperidine rings is 2. The van der Waals surface area contributed by atoms with Gasteiger partial charge in [0, 0.05) is 57.1 Å². The molecule has 6 heteroatoms. The second-order valence-electron chi connectivity index (χ2n) is 8.90. The van der Waals surface area contributed by atoms with E-state index < -0.39 is 0 Å². The molecule has 1 aliphatic carbocycles. The van der Waals surface area contributed by atoms with Crippen LogP contribution in [-0.2, 0) is 9.59 Å². The minimum atomic E-state index is 0.228. The summed E-state index contributed by atoms with van der Waals surface area (Å²) < 4.78 is 0. The molecule has 1 saturated carbocycles. The number of hydrogen-bond acceptors (Lipinski definition) is 4. The fraction of sp³-hybridized carbons (Fsp3) is 0.905. The van der Waals surface area contributed by atoms with Crippen molar-refractivity contribution in [1.82, 2.24) is 19.6 Å². The van der Waals surface area contributed by atoms with Crippen LogP contribution in [0, 0.1) is 11.8 Å². The standard InChI is InChI=1S/C21H36N4O2/c1-2-22-13-15-25(16-14-22)21(27)18-5-9-23(10-6-18)19-7-11-24(12-8-19)20(26)17-3-4-17/h17-19H,2-16H2,1H3. The molecule has 0 bridgehead atoms. The van der Waals surface area contributed by atoms with Crippen LogP contribution in [0.25, 0.3) is 0 Å². The normalized spacial score (nSPS) is 27.1. The van der Waals surface area contributed by atoms with Crippen molar-refractivity contribution in [3.05, 3.63) is 0 Å². The zero-order chi connectivity index (χ0) is 18.8. The molecule has 4 fully saturated rings. The zero-order valence-corrected chi connectivity index (χ0v) is 16.9. The van der Waals surface area contributed by atoms with Crippen LogP contribution in [0.1, 0.15) is 45.4 Å². The minimum absolute atomic E-state index is 0.228. The van der Waals surface area contributed by atoms with Crippen molar-refractivity contribution in [2.45, 2.75) is 51.5 Å². The van der Waals surface area contributed by atoms with Crippen LogP contribution >= 0.6 is 0 Å². The molecule has 0 spiro atoms. The Morgan fingerprint density at radius 2 is 1.19 bits per heavy atom. The number of hydrogen-bond donors (Lipinski definition) is 0. The Morgan fingerprint density at radius 3 is 1.70 bits per heavy atom. The maximum absolute atomic E-state index is 12.9. The first-order valence-electron chi connectivity index (χ1n) is 11.2. The fourth-order valence-corrected chi connectivity index (χ4v) is 5.09. The molecule has 2 amide bonds. The van der Waals surface area contributed by atoms with Gasteiger partial charge in [-0.1, -0.05) is 6.92 Å². The van der Waals surface area contributed by atoms with Gasteiger partial charge in [-0.15, -0.1) is 0 Å². The van der Waals surface area contributed by atoms with Crippen molar-refractivity contribution in [3.8, 4) is 0 Å². The first-order chi connectivity index (χ1) is 13.2. The van der Waals surface area contributed by atoms with E-state index in [0.717, 1.165) is 97.4 Å². The maximum atomic E-state index is 12.9. The van der Waals surface area contributed by atoms with Crippen LogP contribution in [0.2, 0.25) is 0 Å². The predicted molar refractivity (Wildman–Crippen MR) is 105 cm³/mol. The maximum Gasteiger partial charge on any atom is 0.225 e. The van der Waals surface area contributed by atoms with E-state index in [9.17, 15) is 9.59 Å². The smallest absolute Gasteiger partial charge is 0.225 e. The van der Waals surface area contributed by atoms with Gasteiger partial charge in [-0.3, -0.25) is 9.59 Å². The van der Waals surface area contributed by atoms with Crippen molar-refractivity contribution >= 4 is 11.8 Å². The van der Waals surface area contributed by atoms with Gasteiger partial charge < -0.3 is 19.6 Å². The second-order valence-corrected chi connectivity index (χ2v) is 8.90. The number of piperazine rings is 1. The molecular weight excluding hydrogens is 340 g/mol. The molecule has 6 nitrogen and oxygen atoms in total. The quantitative estimate of drug-likeness (QED) is 0.741. The van der Waals surface area contributed by atoms with Gasteiger partial charge in [0.1, 0.15) is 0 Å². The number of likely N-dealkylation sites (tertiary alicyclic amines) is 2. The number of nitrogens with zero attached hydrogens (tertiary/aromatic N) is 4. The number of carbonyl (C=O) groups excluding carboxylic acids is 2. The summed E-state index contributed by atoms with van der Waals surface area (Å²) in [5.74, 6) is 1.38. The third-order valence-electron chi connectivity index (χ3n) is 7.23. The van der Waals surface area contributed by atoms with Crippen LogP contribution in [0.5, 0.6) is 0 Å². The molecule has 27 heavy (non-hydrogen) atoms. The van der Waals surface area contributed by atoms with Gasteiger partial charge in [0.2, 0.25) is 11.8 Å². The SMILES string of the molecule is CCN1CCN(C(=O)C2CCN(C3CCN(C(=O)C4CC4)CC3)CC2)CC1. The van der Waals surface area contributed by atoms with E-state index in [-0.39, 0.29) is 5.92 Å². The second kappa shape index (κ2) is 8.48. The minimum Gasteiger partial charge on any atom is -0.342 e. The topological polar surface area (TPSA) is 47.1 Å². The molecule has 4 aliphatic rings. The summed E-state index contributed by atoms with van der Waals surface area (Å²) >= 11 is 0. The van der Waals surface area contributed by atoms with Gasteiger partial charge >= 0.3 is 0 Å². The first kappa shape index (κ1) is 19.2. The Morgan fingerprint density at radius 1 is 0.667 bits per heavy atom. The molecule has 0 radical (unpaired) electrons. The lowest BCUT2D eigenvalue weighted by molar-refractivity contribution is -0.139. The third kappa shape index (κ3) is 4.48. The van der Waals surface area contributed by atoms with Gasteiger partial charge in [-0.05, 0) is 58.2 Å². The summed E-state index contributed by atoms with van der Waals surface area (Å²) in [5, 5.41) is 0. The van der Waals surface area contributed by atoms with E-state index in [1.807, 2.05) is 0 Å². The Hall–Kier alpha value is -1.14. The van der Waals surface area contributed by atoms with Crippen molar-refractivity contribution in [2.75, 3.05) is 58.9 Å². The van der Waals surface area contributed by atoms with E-state index in [4.69, 9.17) is 0 Å². The van der Waals surface area contributed by atoms with Crippen LogP contribution in [0.4, 0.5) is 0 Å². The highest BCUT2D eigenvalue weighted by Gasteiger charge is 2.37. The molecule has 152 valence electrons. The van der Waals surface area contributed by atoms with Crippen molar-refractivity contribution in [1.29, 1.82) is 0 Å². The lowest BCUT2D eigenvalue weighted by atomic mass is 9.92. The van der Waals surface area contributed by atoms with Crippen LogP contribution in [0.3, 0.4) is 0 Å². The largest absolute Gasteiger partial charge is 0.342 e. The molecule has 3 saturated heterocycles. The third-order valence-corrected chi connectivity index (χ3v) is 7.23.